The molecule has 1 aromatic heterocycles. The van der Waals surface area contributed by atoms with E-state index < -0.39 is 0 Å². The number of nitrogens with two attached hydrogens (primary N) is 1. The van der Waals surface area contributed by atoms with E-state index in [4.69, 9.17) is 5.73 Å². The van der Waals surface area contributed by atoms with Crippen LogP contribution in [0.4, 0.5) is 10.9 Å². The zero-order valence-electron chi connectivity index (χ0n) is 12.6. The van der Waals surface area contributed by atoms with Crippen molar-refractivity contribution in [3.05, 3.63) is 4.88 Å². The van der Waals surface area contributed by atoms with Gasteiger partial charge in [0.2, 0.25) is 0 Å². The van der Waals surface area contributed by atoms with Crippen molar-refractivity contribution < 1.29 is 4.79 Å². The number of nitrogen functional groups attached to an aromatic ring is 1. The van der Waals surface area contributed by atoms with Crippen LogP contribution in [0, 0.1) is 0 Å². The van der Waals surface area contributed by atoms with E-state index in [0.717, 1.165) is 43.9 Å². The van der Waals surface area contributed by atoms with Crippen molar-refractivity contribution in [3.8, 4) is 0 Å². The molecule has 0 saturated carbocycles. The predicted octanol–water partition coefficient (Wildman–Crippen LogP) is 2.59. The van der Waals surface area contributed by atoms with Crippen molar-refractivity contribution in [1.29, 1.82) is 0 Å². The fourth-order valence-corrected chi connectivity index (χ4v) is 3.65. The summed E-state index contributed by atoms with van der Waals surface area (Å²) in [5.74, 6) is 0.431. The number of hydrogen-bond acceptors (Lipinski definition) is 5. The summed E-state index contributed by atoms with van der Waals surface area (Å²) in [5, 5.41) is 0.833. The molecule has 1 unspecified atom stereocenters. The van der Waals surface area contributed by atoms with Gasteiger partial charge in [-0.05, 0) is 25.7 Å². The highest BCUT2D eigenvalue weighted by Crippen LogP contribution is 2.31. The van der Waals surface area contributed by atoms with Gasteiger partial charge in [0.25, 0.3) is 5.91 Å². The van der Waals surface area contributed by atoms with Gasteiger partial charge in [-0.25, -0.2) is 4.98 Å². The van der Waals surface area contributed by atoms with Crippen LogP contribution >= 0.6 is 11.3 Å². The van der Waals surface area contributed by atoms with Crippen LogP contribution < -0.4 is 10.6 Å². The lowest BCUT2D eigenvalue weighted by Gasteiger charge is -2.22. The molecule has 1 aromatic rings. The number of rotatable bonds is 5. The molecule has 2 rings (SSSR count). The van der Waals surface area contributed by atoms with Crippen molar-refractivity contribution in [3.63, 3.8) is 0 Å². The molecule has 112 valence electrons. The van der Waals surface area contributed by atoms with Crippen LogP contribution in [0.1, 0.15) is 49.2 Å². The maximum atomic E-state index is 12.6. The second-order valence-corrected chi connectivity index (χ2v) is 6.31. The van der Waals surface area contributed by atoms with Gasteiger partial charge in [0.05, 0.1) is 0 Å². The Morgan fingerprint density at radius 2 is 2.30 bits per heavy atom. The van der Waals surface area contributed by atoms with E-state index >= 15 is 0 Å². The van der Waals surface area contributed by atoms with Gasteiger partial charge in [-0.1, -0.05) is 25.2 Å². The van der Waals surface area contributed by atoms with E-state index in [1.807, 2.05) is 11.9 Å². The minimum Gasteiger partial charge on any atom is -0.382 e. The lowest BCUT2D eigenvalue weighted by atomic mass is 10.2. The quantitative estimate of drug-likeness (QED) is 0.907. The molecule has 5 nitrogen and oxygen atoms in total. The lowest BCUT2D eigenvalue weighted by molar-refractivity contribution is 0.0739. The van der Waals surface area contributed by atoms with Crippen molar-refractivity contribution in [2.75, 3.05) is 30.8 Å². The van der Waals surface area contributed by atoms with Crippen LogP contribution in [0.5, 0.6) is 0 Å². The van der Waals surface area contributed by atoms with Crippen LogP contribution in [0.3, 0.4) is 0 Å². The summed E-state index contributed by atoms with van der Waals surface area (Å²) in [6, 6.07) is 0.362. The third kappa shape index (κ3) is 2.90. The molecular weight excluding hydrogens is 272 g/mol. The molecule has 1 amide bonds. The maximum absolute atomic E-state index is 12.6. The minimum atomic E-state index is 0.0560. The molecule has 0 aliphatic carbocycles. The number of hydrogen-bond donors (Lipinski definition) is 1. The smallest absolute Gasteiger partial charge is 0.268 e. The summed E-state index contributed by atoms with van der Waals surface area (Å²) in [5.41, 5.74) is 5.96. The average Bonchev–Trinajstić information content (AvgIpc) is 3.04. The first-order valence-corrected chi connectivity index (χ1v) is 8.18. The first-order valence-electron chi connectivity index (χ1n) is 7.36. The fourth-order valence-electron chi connectivity index (χ4n) is 2.73. The zero-order chi connectivity index (χ0) is 14.7. The summed E-state index contributed by atoms with van der Waals surface area (Å²) >= 11 is 1.41. The van der Waals surface area contributed by atoms with E-state index in [1.165, 1.54) is 11.3 Å². The normalized spacial score (nSPS) is 18.6. The molecule has 0 spiro atoms. The van der Waals surface area contributed by atoms with Gasteiger partial charge in [-0.2, -0.15) is 0 Å². The van der Waals surface area contributed by atoms with Gasteiger partial charge >= 0.3 is 0 Å². The summed E-state index contributed by atoms with van der Waals surface area (Å²) < 4.78 is 0. The standard InChI is InChI=1S/C14H24N4OS/c1-4-8-17(3)14-16-12(15)11(20-14)13(19)18-9-6-7-10(18)5-2/h10H,4-9,15H2,1-3H3. The molecule has 20 heavy (non-hydrogen) atoms. The zero-order valence-corrected chi connectivity index (χ0v) is 13.4. The summed E-state index contributed by atoms with van der Waals surface area (Å²) in [7, 11) is 1.99. The Hall–Kier alpha value is -1.30. The second kappa shape index (κ2) is 6.43. The van der Waals surface area contributed by atoms with Gasteiger partial charge in [0.15, 0.2) is 5.13 Å². The molecular formula is C14H24N4OS. The van der Waals surface area contributed by atoms with Crippen LogP contribution in [-0.2, 0) is 0 Å². The van der Waals surface area contributed by atoms with E-state index in [0.29, 0.717) is 16.7 Å². The van der Waals surface area contributed by atoms with E-state index in [2.05, 4.69) is 23.7 Å². The molecule has 1 atom stereocenters. The topological polar surface area (TPSA) is 62.5 Å². The van der Waals surface area contributed by atoms with Crippen LogP contribution in [-0.4, -0.2) is 42.0 Å². The summed E-state index contributed by atoms with van der Waals surface area (Å²) in [6.45, 7) is 6.01. The number of carbonyl (C=O) groups is 1. The Morgan fingerprint density at radius 1 is 1.55 bits per heavy atom. The second-order valence-electron chi connectivity index (χ2n) is 5.34. The molecule has 1 aliphatic rings. The number of nitrogens with zero attached hydrogens (tertiary/aromatic N) is 3. The Labute approximate surface area is 124 Å². The lowest BCUT2D eigenvalue weighted by Crippen LogP contribution is -2.34. The molecule has 6 heteroatoms. The SMILES string of the molecule is CCCN(C)c1nc(N)c(C(=O)N2CCCC2CC)s1. The highest BCUT2D eigenvalue weighted by molar-refractivity contribution is 7.18. The first-order chi connectivity index (χ1) is 9.58. The highest BCUT2D eigenvalue weighted by atomic mass is 32.1. The number of aromatic nitrogens is 1. The molecule has 1 fully saturated rings. The van der Waals surface area contributed by atoms with Crippen molar-refractivity contribution in [1.82, 2.24) is 9.88 Å². The van der Waals surface area contributed by atoms with Crippen molar-refractivity contribution >= 4 is 28.2 Å². The average molecular weight is 296 g/mol. The van der Waals surface area contributed by atoms with Gasteiger partial charge < -0.3 is 15.5 Å². The molecule has 2 N–H and O–H groups in total. The summed E-state index contributed by atoms with van der Waals surface area (Å²) in [4.78, 5) is 21.6. The van der Waals surface area contributed by atoms with Crippen molar-refractivity contribution in [2.24, 2.45) is 0 Å². The number of likely N-dealkylation sites (tertiary alicyclic amines) is 1. The Morgan fingerprint density at radius 3 is 2.95 bits per heavy atom. The molecule has 0 aromatic carbocycles. The van der Waals surface area contributed by atoms with Crippen LogP contribution in [0.15, 0.2) is 0 Å². The van der Waals surface area contributed by atoms with Crippen molar-refractivity contribution in [2.45, 2.75) is 45.6 Å². The van der Waals surface area contributed by atoms with E-state index in [9.17, 15) is 4.79 Å². The Bertz CT molecular complexity index is 474. The molecule has 1 aliphatic heterocycles. The van der Waals surface area contributed by atoms with Gasteiger partial charge in [-0.3, -0.25) is 4.79 Å². The molecule has 0 bridgehead atoms. The van der Waals surface area contributed by atoms with E-state index in [-0.39, 0.29) is 5.91 Å². The minimum absolute atomic E-state index is 0.0560. The number of carbonyl (C=O) groups excluding carboxylic acids is 1. The monoisotopic (exact) mass is 296 g/mol. The predicted molar refractivity (Wildman–Crippen MR) is 84.4 cm³/mol. The van der Waals surface area contributed by atoms with Crippen LogP contribution in [0.25, 0.3) is 0 Å². The van der Waals surface area contributed by atoms with Gasteiger partial charge in [0, 0.05) is 26.2 Å². The molecule has 2 heterocycles. The number of thiazole rings is 1. The third-order valence-corrected chi connectivity index (χ3v) is 5.00. The third-order valence-electron chi connectivity index (χ3n) is 3.83. The fraction of sp³-hybridized carbons (Fsp3) is 0.714. The maximum Gasteiger partial charge on any atom is 0.268 e. The van der Waals surface area contributed by atoms with Gasteiger partial charge in [-0.15, -0.1) is 0 Å². The largest absolute Gasteiger partial charge is 0.382 e. The molecule has 0 radical (unpaired) electrons. The van der Waals surface area contributed by atoms with Gasteiger partial charge in [0.1, 0.15) is 10.7 Å². The molecule has 1 saturated heterocycles. The first kappa shape index (κ1) is 15.1. The van der Waals surface area contributed by atoms with E-state index in [1.54, 1.807) is 0 Å². The highest BCUT2D eigenvalue weighted by Gasteiger charge is 2.31. The summed E-state index contributed by atoms with van der Waals surface area (Å²) in [6.07, 6.45) is 4.24. The number of amides is 1. The van der Waals surface area contributed by atoms with Crippen LogP contribution in [0.2, 0.25) is 0 Å². The Balaban J connectivity index is 2.18. The Kier molecular flexibility index (Phi) is 4.86. The number of anilines is 2.